The molecule has 1 unspecified atom stereocenters. The van der Waals surface area contributed by atoms with Gasteiger partial charge in [0, 0.05) is 42.4 Å². The van der Waals surface area contributed by atoms with E-state index in [0.717, 1.165) is 45.4 Å². The lowest BCUT2D eigenvalue weighted by Gasteiger charge is -2.41. The number of hydrogen-bond acceptors (Lipinski definition) is 3. The zero-order valence-corrected chi connectivity index (χ0v) is 17.4. The molecule has 1 amide bonds. The summed E-state index contributed by atoms with van der Waals surface area (Å²) >= 11 is 0. The largest absolute Gasteiger partial charge is 0.343 e. The van der Waals surface area contributed by atoms with Gasteiger partial charge in [0.2, 0.25) is 5.91 Å². The second kappa shape index (κ2) is 7.02. The van der Waals surface area contributed by atoms with E-state index in [1.54, 1.807) is 0 Å². The fourth-order valence-electron chi connectivity index (χ4n) is 4.37. The summed E-state index contributed by atoms with van der Waals surface area (Å²) in [5, 5.41) is 0. The SMILES string of the molecule is CC(C)(C)C(=O)C1(C)CCN(C(=O)CC2CCN(C(C)(C)C)C2)CC1. The van der Waals surface area contributed by atoms with E-state index in [-0.39, 0.29) is 22.3 Å². The molecule has 144 valence electrons. The first-order valence-corrected chi connectivity index (χ1v) is 9.91. The van der Waals surface area contributed by atoms with Crippen molar-refractivity contribution in [1.82, 2.24) is 9.80 Å². The Morgan fingerprint density at radius 2 is 1.56 bits per heavy atom. The molecule has 0 saturated carbocycles. The monoisotopic (exact) mass is 350 g/mol. The number of Topliss-reactive ketones (excluding diaryl/α,β-unsaturated/α-hetero) is 1. The van der Waals surface area contributed by atoms with Crippen LogP contribution in [0.2, 0.25) is 0 Å². The van der Waals surface area contributed by atoms with E-state index in [1.807, 2.05) is 25.7 Å². The molecule has 0 N–H and O–H groups in total. The summed E-state index contributed by atoms with van der Waals surface area (Å²) in [5.41, 5.74) is -0.384. The van der Waals surface area contributed by atoms with Gasteiger partial charge in [0.05, 0.1) is 0 Å². The highest BCUT2D eigenvalue weighted by atomic mass is 16.2. The summed E-state index contributed by atoms with van der Waals surface area (Å²) in [6.45, 7) is 18.4. The highest BCUT2D eigenvalue weighted by molar-refractivity contribution is 5.89. The van der Waals surface area contributed by atoms with Gasteiger partial charge in [-0.25, -0.2) is 0 Å². The van der Waals surface area contributed by atoms with Gasteiger partial charge < -0.3 is 4.90 Å². The van der Waals surface area contributed by atoms with E-state index < -0.39 is 0 Å². The van der Waals surface area contributed by atoms with Gasteiger partial charge in [-0.3, -0.25) is 14.5 Å². The zero-order valence-electron chi connectivity index (χ0n) is 17.4. The summed E-state index contributed by atoms with van der Waals surface area (Å²) < 4.78 is 0. The molecule has 0 radical (unpaired) electrons. The average molecular weight is 351 g/mol. The zero-order chi connectivity index (χ0) is 19.0. The third kappa shape index (κ3) is 4.84. The number of rotatable bonds is 3. The van der Waals surface area contributed by atoms with Gasteiger partial charge in [0.25, 0.3) is 0 Å². The number of ketones is 1. The molecule has 0 aromatic carbocycles. The van der Waals surface area contributed by atoms with Crippen LogP contribution in [-0.4, -0.2) is 53.2 Å². The lowest BCUT2D eigenvalue weighted by atomic mass is 9.68. The van der Waals surface area contributed by atoms with E-state index in [2.05, 4.69) is 32.6 Å². The molecule has 1 atom stereocenters. The number of amides is 1. The second-order valence-corrected chi connectivity index (χ2v) is 10.5. The summed E-state index contributed by atoms with van der Waals surface area (Å²) in [7, 11) is 0. The molecule has 0 aromatic heterocycles. The number of hydrogen-bond donors (Lipinski definition) is 0. The normalized spacial score (nSPS) is 25.2. The molecule has 2 saturated heterocycles. The van der Waals surface area contributed by atoms with Gasteiger partial charge in [0.1, 0.15) is 5.78 Å². The highest BCUT2D eigenvalue weighted by Crippen LogP contribution is 2.38. The van der Waals surface area contributed by atoms with Crippen LogP contribution >= 0.6 is 0 Å². The van der Waals surface area contributed by atoms with Crippen LogP contribution in [0.15, 0.2) is 0 Å². The Bertz CT molecular complexity index is 505. The van der Waals surface area contributed by atoms with Crippen LogP contribution in [0.25, 0.3) is 0 Å². The molecule has 4 nitrogen and oxygen atoms in total. The van der Waals surface area contributed by atoms with Crippen molar-refractivity contribution in [3.63, 3.8) is 0 Å². The molecule has 4 heteroatoms. The lowest BCUT2D eigenvalue weighted by molar-refractivity contribution is -0.143. The van der Waals surface area contributed by atoms with Crippen LogP contribution in [0, 0.1) is 16.7 Å². The maximum Gasteiger partial charge on any atom is 0.222 e. The first-order valence-electron chi connectivity index (χ1n) is 9.91. The summed E-state index contributed by atoms with van der Waals surface area (Å²) in [5.74, 6) is 1.10. The van der Waals surface area contributed by atoms with Crippen molar-refractivity contribution in [2.75, 3.05) is 26.2 Å². The average Bonchev–Trinajstić information content (AvgIpc) is 2.94. The molecule has 2 fully saturated rings. The highest BCUT2D eigenvalue weighted by Gasteiger charge is 2.42. The molecule has 0 aliphatic carbocycles. The molecular weight excluding hydrogens is 312 g/mol. The van der Waals surface area contributed by atoms with Crippen molar-refractivity contribution >= 4 is 11.7 Å². The van der Waals surface area contributed by atoms with Crippen molar-refractivity contribution in [3.8, 4) is 0 Å². The minimum atomic E-state index is -0.304. The van der Waals surface area contributed by atoms with Crippen molar-refractivity contribution in [3.05, 3.63) is 0 Å². The third-order valence-corrected chi connectivity index (χ3v) is 6.15. The van der Waals surface area contributed by atoms with Crippen LogP contribution in [0.5, 0.6) is 0 Å². The standard InChI is InChI=1S/C21H38N2O2/c1-19(2,3)18(25)21(7)9-12-22(13-10-21)17(24)14-16-8-11-23(15-16)20(4,5)6/h16H,8-15H2,1-7H3. The fraction of sp³-hybridized carbons (Fsp3) is 0.905. The van der Waals surface area contributed by atoms with Crippen molar-refractivity contribution < 1.29 is 9.59 Å². The van der Waals surface area contributed by atoms with Crippen molar-refractivity contribution in [2.24, 2.45) is 16.7 Å². The van der Waals surface area contributed by atoms with Crippen LogP contribution in [-0.2, 0) is 9.59 Å². The van der Waals surface area contributed by atoms with Crippen LogP contribution in [0.4, 0.5) is 0 Å². The van der Waals surface area contributed by atoms with Crippen LogP contribution < -0.4 is 0 Å². The molecule has 2 aliphatic rings. The van der Waals surface area contributed by atoms with Gasteiger partial charge in [-0.2, -0.15) is 0 Å². The number of likely N-dealkylation sites (tertiary alicyclic amines) is 2. The van der Waals surface area contributed by atoms with E-state index in [4.69, 9.17) is 0 Å². The molecule has 0 aromatic rings. The van der Waals surface area contributed by atoms with Gasteiger partial charge in [-0.05, 0) is 52.5 Å². The molecule has 0 spiro atoms. The Balaban J connectivity index is 1.85. The minimum Gasteiger partial charge on any atom is -0.343 e. The van der Waals surface area contributed by atoms with E-state index in [9.17, 15) is 9.59 Å². The molecule has 2 heterocycles. The van der Waals surface area contributed by atoms with Crippen LogP contribution in [0.1, 0.15) is 74.1 Å². The summed E-state index contributed by atoms with van der Waals surface area (Å²) in [6.07, 6.45) is 3.38. The predicted molar refractivity (Wildman–Crippen MR) is 102 cm³/mol. The minimum absolute atomic E-state index is 0.193. The maximum absolute atomic E-state index is 12.7. The number of carbonyl (C=O) groups is 2. The molecular formula is C21H38N2O2. The number of piperidine rings is 1. The Morgan fingerprint density at radius 3 is 2.00 bits per heavy atom. The Morgan fingerprint density at radius 1 is 1.00 bits per heavy atom. The van der Waals surface area contributed by atoms with E-state index in [0.29, 0.717) is 18.1 Å². The first-order chi connectivity index (χ1) is 11.3. The number of carbonyl (C=O) groups excluding carboxylic acids is 2. The third-order valence-electron chi connectivity index (χ3n) is 6.15. The van der Waals surface area contributed by atoms with Crippen LogP contribution in [0.3, 0.4) is 0 Å². The predicted octanol–water partition coefficient (Wildman–Crippen LogP) is 3.74. The summed E-state index contributed by atoms with van der Waals surface area (Å²) in [4.78, 5) is 29.9. The van der Waals surface area contributed by atoms with E-state index in [1.165, 1.54) is 0 Å². The molecule has 25 heavy (non-hydrogen) atoms. The van der Waals surface area contributed by atoms with Gasteiger partial charge in [0.15, 0.2) is 0 Å². The quantitative estimate of drug-likeness (QED) is 0.778. The Kier molecular flexibility index (Phi) is 5.73. The van der Waals surface area contributed by atoms with Crippen molar-refractivity contribution in [2.45, 2.75) is 79.7 Å². The molecule has 2 rings (SSSR count). The second-order valence-electron chi connectivity index (χ2n) is 10.5. The van der Waals surface area contributed by atoms with Gasteiger partial charge in [-0.1, -0.05) is 27.7 Å². The smallest absolute Gasteiger partial charge is 0.222 e. The Labute approximate surface area is 154 Å². The maximum atomic E-state index is 12.7. The van der Waals surface area contributed by atoms with E-state index >= 15 is 0 Å². The summed E-state index contributed by atoms with van der Waals surface area (Å²) in [6, 6.07) is 0. The van der Waals surface area contributed by atoms with Gasteiger partial charge >= 0.3 is 0 Å². The number of nitrogens with zero attached hydrogens (tertiary/aromatic N) is 2. The first kappa shape index (κ1) is 20.4. The topological polar surface area (TPSA) is 40.6 Å². The van der Waals surface area contributed by atoms with Crippen molar-refractivity contribution in [1.29, 1.82) is 0 Å². The Hall–Kier alpha value is -0.900. The fourth-order valence-corrected chi connectivity index (χ4v) is 4.37. The molecule has 0 bridgehead atoms. The lowest BCUT2D eigenvalue weighted by Crippen LogP contribution is -2.48. The molecule has 2 aliphatic heterocycles. The van der Waals surface area contributed by atoms with Gasteiger partial charge in [-0.15, -0.1) is 0 Å².